The third kappa shape index (κ3) is 3.49. The maximum Gasteiger partial charge on any atom is 0.270 e. The number of hydrogen-bond acceptors (Lipinski definition) is 4. The van der Waals surface area contributed by atoms with Gasteiger partial charge in [0, 0.05) is 22.6 Å². The van der Waals surface area contributed by atoms with Crippen LogP contribution in [0.4, 0.5) is 5.69 Å². The number of carbonyl (C=O) groups is 1. The minimum Gasteiger partial charge on any atom is -0.340 e. The summed E-state index contributed by atoms with van der Waals surface area (Å²) in [4.78, 5) is 23.9. The third-order valence-electron chi connectivity index (χ3n) is 3.56. The van der Waals surface area contributed by atoms with E-state index in [0.29, 0.717) is 0 Å². The minimum absolute atomic E-state index is 0.102. The normalized spacial score (nSPS) is 11.7. The van der Waals surface area contributed by atoms with Gasteiger partial charge >= 0.3 is 0 Å². The Bertz CT molecular complexity index is 848. The summed E-state index contributed by atoms with van der Waals surface area (Å²) >= 11 is 1.55. The first-order chi connectivity index (χ1) is 11.6. The maximum absolute atomic E-state index is 12.6. The highest BCUT2D eigenvalue weighted by molar-refractivity contribution is 7.10. The highest BCUT2D eigenvalue weighted by Crippen LogP contribution is 2.26. The van der Waals surface area contributed by atoms with E-state index in [1.807, 2.05) is 47.8 Å². The molecule has 3 aromatic rings. The number of non-ortho nitro benzene ring substituents is 1. The number of hydrogen-bond donors (Lipinski definition) is 1. The molecule has 1 atom stereocenters. The van der Waals surface area contributed by atoms with Gasteiger partial charge in [0.15, 0.2) is 0 Å². The average molecular weight is 338 g/mol. The van der Waals surface area contributed by atoms with Crippen LogP contribution in [-0.2, 0) is 0 Å². The Morgan fingerprint density at radius 3 is 2.50 bits per heavy atom. The van der Waals surface area contributed by atoms with Crippen molar-refractivity contribution in [2.24, 2.45) is 0 Å². The fraction of sp³-hybridized carbons (Fsp3) is 0.0556. The van der Waals surface area contributed by atoms with Gasteiger partial charge < -0.3 is 5.32 Å². The second kappa shape index (κ2) is 7.06. The third-order valence-corrected chi connectivity index (χ3v) is 4.49. The molecule has 0 fully saturated rings. The van der Waals surface area contributed by atoms with Gasteiger partial charge in [-0.05, 0) is 23.1 Å². The molecule has 0 saturated heterocycles. The molecule has 0 bridgehead atoms. The lowest BCUT2D eigenvalue weighted by atomic mass is 10.0. The molecule has 0 aliphatic rings. The quantitative estimate of drug-likeness (QED) is 0.560. The summed E-state index contributed by atoms with van der Waals surface area (Å²) in [5.41, 5.74) is 1.12. The van der Waals surface area contributed by atoms with Crippen molar-refractivity contribution in [2.75, 3.05) is 0 Å². The Morgan fingerprint density at radius 2 is 1.83 bits per heavy atom. The van der Waals surface area contributed by atoms with Crippen LogP contribution < -0.4 is 5.32 Å². The maximum atomic E-state index is 12.6. The van der Waals surface area contributed by atoms with Crippen LogP contribution in [0.2, 0.25) is 0 Å². The summed E-state index contributed by atoms with van der Waals surface area (Å²) in [6.07, 6.45) is 0. The van der Waals surface area contributed by atoms with Crippen molar-refractivity contribution < 1.29 is 9.72 Å². The van der Waals surface area contributed by atoms with Crippen molar-refractivity contribution in [1.29, 1.82) is 0 Å². The Kier molecular flexibility index (Phi) is 4.67. The van der Waals surface area contributed by atoms with Gasteiger partial charge in [-0.3, -0.25) is 14.9 Å². The lowest BCUT2D eigenvalue weighted by Gasteiger charge is -2.18. The van der Waals surface area contributed by atoms with Crippen molar-refractivity contribution in [3.63, 3.8) is 0 Å². The van der Waals surface area contributed by atoms with Crippen LogP contribution in [0.25, 0.3) is 0 Å². The average Bonchev–Trinajstić information content (AvgIpc) is 3.14. The molecule has 24 heavy (non-hydrogen) atoms. The Balaban J connectivity index is 1.89. The minimum atomic E-state index is -0.509. The van der Waals surface area contributed by atoms with E-state index >= 15 is 0 Å². The fourth-order valence-corrected chi connectivity index (χ4v) is 3.20. The topological polar surface area (TPSA) is 72.2 Å². The summed E-state index contributed by atoms with van der Waals surface area (Å²) in [7, 11) is 0. The number of nitrogens with one attached hydrogen (secondary N) is 1. The smallest absolute Gasteiger partial charge is 0.270 e. The molecule has 0 saturated carbocycles. The molecular formula is C18H14N2O3S. The zero-order valence-corrected chi connectivity index (χ0v) is 13.4. The molecule has 3 rings (SSSR count). The molecule has 0 radical (unpaired) electrons. The van der Waals surface area contributed by atoms with Crippen LogP contribution in [0.15, 0.2) is 72.1 Å². The molecule has 0 unspecified atom stereocenters. The summed E-state index contributed by atoms with van der Waals surface area (Å²) in [6, 6.07) is 18.9. The van der Waals surface area contributed by atoms with Crippen molar-refractivity contribution in [3.05, 3.63) is 98.2 Å². The number of carbonyl (C=O) groups excluding carboxylic acids is 1. The molecule has 120 valence electrons. The summed E-state index contributed by atoms with van der Waals surface area (Å²) in [5, 5.41) is 15.8. The lowest BCUT2D eigenvalue weighted by molar-refractivity contribution is -0.384. The van der Waals surface area contributed by atoms with Crippen molar-refractivity contribution in [2.45, 2.75) is 6.04 Å². The van der Waals surface area contributed by atoms with Gasteiger partial charge in [-0.2, -0.15) is 0 Å². The van der Waals surface area contributed by atoms with Crippen LogP contribution in [0, 0.1) is 10.1 Å². The first-order valence-electron chi connectivity index (χ1n) is 7.29. The molecular weight excluding hydrogens is 324 g/mol. The second-order valence-corrected chi connectivity index (χ2v) is 6.12. The van der Waals surface area contributed by atoms with Crippen molar-refractivity contribution in [3.8, 4) is 0 Å². The van der Waals surface area contributed by atoms with Gasteiger partial charge in [0.05, 0.1) is 11.0 Å². The van der Waals surface area contributed by atoms with Gasteiger partial charge in [-0.15, -0.1) is 11.3 Å². The molecule has 1 N–H and O–H groups in total. The van der Waals surface area contributed by atoms with Gasteiger partial charge in [0.2, 0.25) is 0 Å². The first-order valence-corrected chi connectivity index (χ1v) is 8.17. The standard InChI is InChI=1S/C18H14N2O3S/c21-18(14-8-4-9-15(12-14)20(22)23)19-17(16-10-5-11-24-16)13-6-2-1-3-7-13/h1-12,17H,(H,19,21)/t17-/m1/s1. The number of nitro groups is 1. The van der Waals surface area contributed by atoms with E-state index in [4.69, 9.17) is 0 Å². The number of rotatable bonds is 5. The number of benzene rings is 2. The fourth-order valence-electron chi connectivity index (χ4n) is 2.39. The number of nitrogens with zero attached hydrogens (tertiary/aromatic N) is 1. The van der Waals surface area contributed by atoms with E-state index < -0.39 is 4.92 Å². The van der Waals surface area contributed by atoms with E-state index in [9.17, 15) is 14.9 Å². The van der Waals surface area contributed by atoms with Crippen LogP contribution >= 0.6 is 11.3 Å². The SMILES string of the molecule is O=C(N[C@H](c1ccccc1)c1cccs1)c1cccc([N+](=O)[O-])c1. The van der Waals surface area contributed by atoms with Crippen LogP contribution in [0.3, 0.4) is 0 Å². The van der Waals surface area contributed by atoms with E-state index in [2.05, 4.69) is 5.32 Å². The zero-order valence-electron chi connectivity index (χ0n) is 12.6. The number of amides is 1. The molecule has 0 aliphatic heterocycles. The van der Waals surface area contributed by atoms with Crippen LogP contribution in [0.1, 0.15) is 26.8 Å². The van der Waals surface area contributed by atoms with Crippen LogP contribution in [0.5, 0.6) is 0 Å². The molecule has 5 nitrogen and oxygen atoms in total. The Morgan fingerprint density at radius 1 is 1.04 bits per heavy atom. The summed E-state index contributed by atoms with van der Waals surface area (Å²) in [5.74, 6) is -0.346. The molecule has 6 heteroatoms. The highest BCUT2D eigenvalue weighted by atomic mass is 32.1. The van der Waals surface area contributed by atoms with E-state index in [-0.39, 0.29) is 23.2 Å². The largest absolute Gasteiger partial charge is 0.340 e. The van der Waals surface area contributed by atoms with Gasteiger partial charge in [0.25, 0.3) is 11.6 Å². The predicted octanol–water partition coefficient (Wildman–Crippen LogP) is 4.18. The monoisotopic (exact) mass is 338 g/mol. The number of thiophene rings is 1. The highest BCUT2D eigenvalue weighted by Gasteiger charge is 2.19. The molecule has 1 heterocycles. The first kappa shape index (κ1) is 15.9. The predicted molar refractivity (Wildman–Crippen MR) is 93.2 cm³/mol. The Labute approximate surface area is 142 Å². The van der Waals surface area contributed by atoms with Crippen molar-refractivity contribution >= 4 is 22.9 Å². The summed E-state index contributed by atoms with van der Waals surface area (Å²) in [6.45, 7) is 0. The summed E-state index contributed by atoms with van der Waals surface area (Å²) < 4.78 is 0. The van der Waals surface area contributed by atoms with E-state index in [1.54, 1.807) is 17.4 Å². The van der Waals surface area contributed by atoms with Crippen LogP contribution in [-0.4, -0.2) is 10.8 Å². The molecule has 1 aromatic heterocycles. The van der Waals surface area contributed by atoms with Gasteiger partial charge in [0.1, 0.15) is 0 Å². The molecule has 0 aliphatic carbocycles. The van der Waals surface area contributed by atoms with E-state index in [1.165, 1.54) is 18.2 Å². The lowest BCUT2D eigenvalue weighted by Crippen LogP contribution is -2.28. The second-order valence-electron chi connectivity index (χ2n) is 5.14. The number of nitro benzene ring substituents is 1. The molecule has 1 amide bonds. The van der Waals surface area contributed by atoms with Crippen molar-refractivity contribution in [1.82, 2.24) is 5.32 Å². The van der Waals surface area contributed by atoms with Gasteiger partial charge in [-0.1, -0.05) is 42.5 Å². The van der Waals surface area contributed by atoms with E-state index in [0.717, 1.165) is 10.4 Å². The molecule has 0 spiro atoms. The molecule has 2 aromatic carbocycles. The Hall–Kier alpha value is -2.99. The zero-order chi connectivity index (χ0) is 16.9. The van der Waals surface area contributed by atoms with Gasteiger partial charge in [-0.25, -0.2) is 0 Å².